The van der Waals surface area contributed by atoms with E-state index in [1.54, 1.807) is 62.6 Å². The Morgan fingerprint density at radius 1 is 1.10 bits per heavy atom. The average Bonchev–Trinajstić information content (AvgIpc) is 3.29. The van der Waals surface area contributed by atoms with Crippen LogP contribution >= 0.6 is 22.9 Å². The summed E-state index contributed by atoms with van der Waals surface area (Å²) in [5, 5.41) is 20.4. The molecule has 0 radical (unpaired) electrons. The minimum absolute atomic E-state index is 0.0275. The van der Waals surface area contributed by atoms with Gasteiger partial charge in [-0.25, -0.2) is 0 Å². The van der Waals surface area contributed by atoms with E-state index in [1.807, 2.05) is 0 Å². The standard InChI is InChI=1S/C21H16ClN3O4S/c1-11-23-24-21(30-11)25-17(12-5-9-15(29-2)10-6-12)16(19(27)20(25)28)18(26)13-3-7-14(22)8-4-13/h3-10,17,26H,1-2H3/b18-16+. The number of rotatable bonds is 4. The number of halogens is 1. The van der Waals surface area contributed by atoms with E-state index in [1.165, 1.54) is 16.2 Å². The van der Waals surface area contributed by atoms with Crippen LogP contribution in [0.1, 0.15) is 22.2 Å². The Morgan fingerprint density at radius 2 is 1.77 bits per heavy atom. The molecule has 3 aromatic rings. The Balaban J connectivity index is 1.92. The minimum atomic E-state index is -0.862. The second kappa shape index (κ2) is 7.89. The van der Waals surface area contributed by atoms with Gasteiger partial charge in [0.15, 0.2) is 0 Å². The third-order valence-corrected chi connectivity index (χ3v) is 5.81. The van der Waals surface area contributed by atoms with Gasteiger partial charge < -0.3 is 9.84 Å². The molecule has 1 saturated heterocycles. The zero-order valence-corrected chi connectivity index (χ0v) is 17.6. The fraction of sp³-hybridized carbons (Fsp3) is 0.143. The topological polar surface area (TPSA) is 92.6 Å². The number of aryl methyl sites for hydroxylation is 1. The van der Waals surface area contributed by atoms with E-state index in [4.69, 9.17) is 16.3 Å². The van der Waals surface area contributed by atoms with Gasteiger partial charge in [-0.3, -0.25) is 14.5 Å². The van der Waals surface area contributed by atoms with Crippen LogP contribution in [0.2, 0.25) is 5.02 Å². The third-order valence-electron chi connectivity index (χ3n) is 4.72. The van der Waals surface area contributed by atoms with Crippen molar-refractivity contribution in [2.45, 2.75) is 13.0 Å². The average molecular weight is 442 g/mol. The molecule has 152 valence electrons. The number of hydrogen-bond acceptors (Lipinski definition) is 7. The van der Waals surface area contributed by atoms with Crippen molar-refractivity contribution < 1.29 is 19.4 Å². The highest BCUT2D eigenvalue weighted by atomic mass is 35.5. The summed E-state index contributed by atoms with van der Waals surface area (Å²) in [5.74, 6) is -1.23. The monoisotopic (exact) mass is 441 g/mol. The number of nitrogens with zero attached hydrogens (tertiary/aromatic N) is 3. The maximum atomic E-state index is 13.0. The van der Waals surface area contributed by atoms with Crippen molar-refractivity contribution in [2.24, 2.45) is 0 Å². The van der Waals surface area contributed by atoms with Gasteiger partial charge in [0.1, 0.15) is 16.5 Å². The van der Waals surface area contributed by atoms with Crippen LogP contribution in [0.4, 0.5) is 5.13 Å². The van der Waals surface area contributed by atoms with E-state index in [2.05, 4.69) is 10.2 Å². The number of anilines is 1. The molecule has 0 saturated carbocycles. The van der Waals surface area contributed by atoms with Gasteiger partial charge >= 0.3 is 5.91 Å². The van der Waals surface area contributed by atoms with Crippen molar-refractivity contribution in [1.82, 2.24) is 10.2 Å². The number of hydrogen-bond donors (Lipinski definition) is 1. The Bertz CT molecular complexity index is 1160. The molecule has 1 atom stereocenters. The summed E-state index contributed by atoms with van der Waals surface area (Å²) < 4.78 is 5.20. The molecule has 1 N–H and O–H groups in total. The molecule has 1 aliphatic heterocycles. The van der Waals surface area contributed by atoms with E-state index in [0.717, 1.165) is 0 Å². The molecule has 9 heteroatoms. The molecule has 1 amide bonds. The summed E-state index contributed by atoms with van der Waals surface area (Å²) in [6.45, 7) is 1.76. The van der Waals surface area contributed by atoms with Gasteiger partial charge in [0.2, 0.25) is 5.13 Å². The molecule has 2 heterocycles. The summed E-state index contributed by atoms with van der Waals surface area (Å²) in [5.41, 5.74) is 0.975. The summed E-state index contributed by atoms with van der Waals surface area (Å²) in [7, 11) is 1.55. The van der Waals surface area contributed by atoms with Crippen molar-refractivity contribution in [3.05, 3.63) is 75.3 Å². The normalized spacial score (nSPS) is 18.1. The molecule has 1 fully saturated rings. The van der Waals surface area contributed by atoms with Crippen LogP contribution < -0.4 is 9.64 Å². The van der Waals surface area contributed by atoms with Gasteiger partial charge in [-0.05, 0) is 48.9 Å². The number of carbonyl (C=O) groups is 2. The summed E-state index contributed by atoms with van der Waals surface area (Å²) in [6.07, 6.45) is 0. The number of carbonyl (C=O) groups excluding carboxylic acids is 2. The number of ether oxygens (including phenoxy) is 1. The van der Waals surface area contributed by atoms with Crippen LogP contribution in [0.3, 0.4) is 0 Å². The predicted octanol–water partition coefficient (Wildman–Crippen LogP) is 4.13. The van der Waals surface area contributed by atoms with E-state index in [9.17, 15) is 14.7 Å². The molecular weight excluding hydrogens is 426 g/mol. The Hall–Kier alpha value is -3.23. The zero-order valence-electron chi connectivity index (χ0n) is 16.0. The van der Waals surface area contributed by atoms with Gasteiger partial charge in [-0.1, -0.05) is 35.1 Å². The van der Waals surface area contributed by atoms with Crippen molar-refractivity contribution >= 4 is 45.5 Å². The maximum absolute atomic E-state index is 13.0. The van der Waals surface area contributed by atoms with Crippen molar-refractivity contribution in [3.63, 3.8) is 0 Å². The number of aliphatic hydroxyl groups is 1. The molecule has 7 nitrogen and oxygen atoms in total. The highest BCUT2D eigenvalue weighted by molar-refractivity contribution is 7.15. The van der Waals surface area contributed by atoms with E-state index in [0.29, 0.717) is 26.9 Å². The molecule has 2 aromatic carbocycles. The second-order valence-corrected chi connectivity index (χ2v) is 8.15. The fourth-order valence-corrected chi connectivity index (χ4v) is 4.12. The Labute approximate surface area is 181 Å². The summed E-state index contributed by atoms with van der Waals surface area (Å²) in [4.78, 5) is 27.2. The Kier molecular flexibility index (Phi) is 5.27. The van der Waals surface area contributed by atoms with Crippen LogP contribution in [-0.2, 0) is 9.59 Å². The first-order valence-corrected chi connectivity index (χ1v) is 10.1. The number of methoxy groups -OCH3 is 1. The van der Waals surface area contributed by atoms with Gasteiger partial charge in [0.05, 0.1) is 18.7 Å². The smallest absolute Gasteiger partial charge is 0.301 e. The van der Waals surface area contributed by atoms with E-state index < -0.39 is 17.7 Å². The molecule has 0 aliphatic carbocycles. The number of amides is 1. The predicted molar refractivity (Wildman–Crippen MR) is 114 cm³/mol. The van der Waals surface area contributed by atoms with Crippen molar-refractivity contribution in [2.75, 3.05) is 12.0 Å². The highest BCUT2D eigenvalue weighted by Gasteiger charge is 2.48. The molecule has 0 spiro atoms. The largest absolute Gasteiger partial charge is 0.507 e. The molecular formula is C21H16ClN3O4S. The van der Waals surface area contributed by atoms with Gasteiger partial charge in [-0.15, -0.1) is 10.2 Å². The third kappa shape index (κ3) is 3.44. The SMILES string of the molecule is COc1ccc(C2/C(=C(\O)c3ccc(Cl)cc3)C(=O)C(=O)N2c2nnc(C)s2)cc1. The lowest BCUT2D eigenvalue weighted by Crippen LogP contribution is -2.29. The first kappa shape index (κ1) is 20.1. The minimum Gasteiger partial charge on any atom is -0.507 e. The summed E-state index contributed by atoms with van der Waals surface area (Å²) >= 11 is 7.13. The van der Waals surface area contributed by atoms with Crippen LogP contribution in [-0.4, -0.2) is 34.1 Å². The molecule has 1 unspecified atom stereocenters. The number of ketones is 1. The Morgan fingerprint density at radius 3 is 2.33 bits per heavy atom. The van der Waals surface area contributed by atoms with E-state index >= 15 is 0 Å². The lowest BCUT2D eigenvalue weighted by atomic mass is 9.95. The fourth-order valence-electron chi connectivity index (χ4n) is 3.28. The van der Waals surface area contributed by atoms with Crippen molar-refractivity contribution in [3.8, 4) is 5.75 Å². The first-order chi connectivity index (χ1) is 14.4. The first-order valence-electron chi connectivity index (χ1n) is 8.91. The van der Waals surface area contributed by atoms with E-state index in [-0.39, 0.29) is 16.5 Å². The van der Waals surface area contributed by atoms with Gasteiger partial charge in [0.25, 0.3) is 5.78 Å². The number of aromatic nitrogens is 2. The van der Waals surface area contributed by atoms with Crippen LogP contribution in [0, 0.1) is 6.92 Å². The molecule has 1 aliphatic rings. The van der Waals surface area contributed by atoms with Crippen molar-refractivity contribution in [1.29, 1.82) is 0 Å². The number of Topliss-reactive ketones (excluding diaryl/α,β-unsaturated/α-hetero) is 1. The molecule has 1 aromatic heterocycles. The number of benzene rings is 2. The second-order valence-electron chi connectivity index (χ2n) is 6.55. The highest BCUT2D eigenvalue weighted by Crippen LogP contribution is 2.43. The summed E-state index contributed by atoms with van der Waals surface area (Å²) in [6, 6.07) is 12.4. The van der Waals surface area contributed by atoms with Crippen LogP contribution in [0.15, 0.2) is 54.1 Å². The lowest BCUT2D eigenvalue weighted by molar-refractivity contribution is -0.132. The molecule has 4 rings (SSSR count). The van der Waals surface area contributed by atoms with Gasteiger partial charge in [-0.2, -0.15) is 0 Å². The maximum Gasteiger partial charge on any atom is 0.301 e. The lowest BCUT2D eigenvalue weighted by Gasteiger charge is -2.22. The zero-order chi connectivity index (χ0) is 21.4. The molecule has 0 bridgehead atoms. The quantitative estimate of drug-likeness (QED) is 0.371. The van der Waals surface area contributed by atoms with Crippen LogP contribution in [0.5, 0.6) is 5.75 Å². The molecule has 30 heavy (non-hydrogen) atoms. The van der Waals surface area contributed by atoms with Gasteiger partial charge in [0, 0.05) is 10.6 Å². The van der Waals surface area contributed by atoms with Crippen LogP contribution in [0.25, 0.3) is 5.76 Å². The number of aliphatic hydroxyl groups excluding tert-OH is 1.